The van der Waals surface area contributed by atoms with Crippen LogP contribution in [-0.2, 0) is 13.2 Å². The molecule has 0 radical (unpaired) electrons. The fourth-order valence-corrected chi connectivity index (χ4v) is 5.42. The van der Waals surface area contributed by atoms with Crippen LogP contribution in [0.4, 0.5) is 0 Å². The Labute approximate surface area is 224 Å². The molecule has 0 spiro atoms. The van der Waals surface area contributed by atoms with Gasteiger partial charge in [-0.3, -0.25) is 0 Å². The van der Waals surface area contributed by atoms with Crippen LogP contribution < -0.4 is 19.6 Å². The van der Waals surface area contributed by atoms with Crippen LogP contribution in [0.2, 0.25) is 10.0 Å². The molecule has 0 bridgehead atoms. The van der Waals surface area contributed by atoms with E-state index in [4.69, 9.17) is 37.4 Å². The van der Waals surface area contributed by atoms with Crippen LogP contribution in [-0.4, -0.2) is 20.4 Å². The van der Waals surface area contributed by atoms with Gasteiger partial charge in [-0.05, 0) is 92.7 Å². The van der Waals surface area contributed by atoms with E-state index in [1.165, 1.54) is 0 Å². The first kappa shape index (κ1) is 25.2. The Hall–Kier alpha value is -1.43. The maximum atomic E-state index is 6.24. The minimum absolute atomic E-state index is 0.363. The van der Waals surface area contributed by atoms with Gasteiger partial charge in [-0.1, -0.05) is 35.3 Å². The van der Waals surface area contributed by atoms with Gasteiger partial charge in [0.05, 0.1) is 34.1 Å². The van der Waals surface area contributed by atoms with Crippen molar-refractivity contribution in [2.24, 2.45) is 5.10 Å². The first-order valence-electron chi connectivity index (χ1n) is 9.44. The number of hydrogen-bond donors (Lipinski definition) is 1. The number of benzene rings is 3. The molecule has 0 saturated carbocycles. The van der Waals surface area contributed by atoms with E-state index < -0.39 is 0 Å². The molecule has 0 aromatic heterocycles. The standard InChI is InChI=1S/C23H20Cl2I2N2O3/c1-30-21-6-3-14(9-22(21)31-2)11-28-29-12-15-7-19(26)23(20(27)8-15)32-13-16-4-5-17(24)10-18(16)25/h3-10,12,28H,11,13H2,1-2H3/b29-12-. The third-order valence-corrected chi connectivity index (χ3v) is 6.63. The van der Waals surface area contributed by atoms with Crippen molar-refractivity contribution in [2.45, 2.75) is 13.2 Å². The molecule has 0 heterocycles. The molecule has 0 aliphatic heterocycles. The second kappa shape index (κ2) is 12.2. The summed E-state index contributed by atoms with van der Waals surface area (Å²) < 4.78 is 18.6. The van der Waals surface area contributed by atoms with Gasteiger partial charge in [-0.2, -0.15) is 5.10 Å². The fourth-order valence-electron chi connectivity index (χ4n) is 2.83. The zero-order valence-corrected chi connectivity index (χ0v) is 23.1. The molecule has 0 saturated heterocycles. The molecule has 0 aliphatic carbocycles. The number of nitrogens with zero attached hydrogens (tertiary/aromatic N) is 1. The van der Waals surface area contributed by atoms with Gasteiger partial charge in [0.1, 0.15) is 12.4 Å². The minimum Gasteiger partial charge on any atom is -0.493 e. The van der Waals surface area contributed by atoms with Gasteiger partial charge in [0.25, 0.3) is 0 Å². The van der Waals surface area contributed by atoms with Crippen molar-refractivity contribution < 1.29 is 14.2 Å². The van der Waals surface area contributed by atoms with Crippen molar-refractivity contribution in [3.8, 4) is 17.2 Å². The average Bonchev–Trinajstić information content (AvgIpc) is 2.77. The fraction of sp³-hybridized carbons (Fsp3) is 0.174. The summed E-state index contributed by atoms with van der Waals surface area (Å²) >= 11 is 16.7. The van der Waals surface area contributed by atoms with Crippen LogP contribution in [0, 0.1) is 7.14 Å². The summed E-state index contributed by atoms with van der Waals surface area (Å²) in [5, 5.41) is 5.53. The van der Waals surface area contributed by atoms with Gasteiger partial charge in [0.2, 0.25) is 0 Å². The van der Waals surface area contributed by atoms with Crippen LogP contribution in [0.15, 0.2) is 53.6 Å². The second-order valence-electron chi connectivity index (χ2n) is 6.62. The first-order chi connectivity index (χ1) is 15.4. The molecule has 0 fully saturated rings. The zero-order chi connectivity index (χ0) is 23.1. The molecule has 0 atom stereocenters. The lowest BCUT2D eigenvalue weighted by atomic mass is 10.2. The molecule has 5 nitrogen and oxygen atoms in total. The second-order valence-corrected chi connectivity index (χ2v) is 9.79. The van der Waals surface area contributed by atoms with E-state index in [1.54, 1.807) is 32.6 Å². The topological polar surface area (TPSA) is 52.1 Å². The molecule has 1 N–H and O–H groups in total. The smallest absolute Gasteiger partial charge is 0.161 e. The van der Waals surface area contributed by atoms with Crippen molar-refractivity contribution in [3.05, 3.63) is 82.4 Å². The summed E-state index contributed by atoms with van der Waals surface area (Å²) in [5.74, 6) is 2.20. The van der Waals surface area contributed by atoms with E-state index in [1.807, 2.05) is 36.4 Å². The highest BCUT2D eigenvalue weighted by Crippen LogP contribution is 2.31. The molecule has 3 aromatic rings. The Morgan fingerprint density at radius 1 is 0.938 bits per heavy atom. The maximum absolute atomic E-state index is 6.24. The minimum atomic E-state index is 0.363. The first-order valence-corrected chi connectivity index (χ1v) is 12.3. The molecule has 0 aliphatic rings. The Morgan fingerprint density at radius 3 is 2.31 bits per heavy atom. The molecular formula is C23H20Cl2I2N2O3. The number of nitrogens with one attached hydrogen (secondary N) is 1. The quantitative estimate of drug-likeness (QED) is 0.150. The van der Waals surface area contributed by atoms with Crippen molar-refractivity contribution in [1.29, 1.82) is 0 Å². The Morgan fingerprint density at radius 2 is 1.66 bits per heavy atom. The van der Waals surface area contributed by atoms with Gasteiger partial charge in [-0.25, -0.2) is 0 Å². The van der Waals surface area contributed by atoms with E-state index in [9.17, 15) is 0 Å². The van der Waals surface area contributed by atoms with Gasteiger partial charge in [0, 0.05) is 15.6 Å². The largest absolute Gasteiger partial charge is 0.493 e. The predicted molar refractivity (Wildman–Crippen MR) is 147 cm³/mol. The molecule has 0 unspecified atom stereocenters. The van der Waals surface area contributed by atoms with Crippen molar-refractivity contribution in [2.75, 3.05) is 14.2 Å². The van der Waals surface area contributed by atoms with Crippen molar-refractivity contribution in [1.82, 2.24) is 5.43 Å². The van der Waals surface area contributed by atoms with Crippen molar-refractivity contribution >= 4 is 74.6 Å². The van der Waals surface area contributed by atoms with Gasteiger partial charge in [0.15, 0.2) is 11.5 Å². The lowest BCUT2D eigenvalue weighted by Gasteiger charge is -2.12. The van der Waals surface area contributed by atoms with Gasteiger partial charge >= 0.3 is 0 Å². The summed E-state index contributed by atoms with van der Waals surface area (Å²) in [6, 6.07) is 15.2. The number of rotatable bonds is 9. The van der Waals surface area contributed by atoms with Crippen LogP contribution in [0.1, 0.15) is 16.7 Å². The molecule has 9 heteroatoms. The molecule has 3 rings (SSSR count). The van der Waals surface area contributed by atoms with Crippen LogP contribution in [0.3, 0.4) is 0 Å². The molecule has 168 valence electrons. The summed E-state index contributed by atoms with van der Waals surface area (Å²) in [7, 11) is 3.24. The number of hydrazone groups is 1. The monoisotopic (exact) mass is 696 g/mol. The molecule has 0 amide bonds. The highest BCUT2D eigenvalue weighted by atomic mass is 127. The SMILES string of the molecule is COc1ccc(CN/N=C\c2cc(I)c(OCc3ccc(Cl)cc3Cl)c(I)c2)cc1OC. The average molecular weight is 697 g/mol. The Kier molecular flexibility index (Phi) is 9.57. The lowest BCUT2D eigenvalue weighted by Crippen LogP contribution is -2.06. The van der Waals surface area contributed by atoms with Crippen LogP contribution >= 0.6 is 68.4 Å². The third kappa shape index (κ3) is 6.79. The summed E-state index contributed by atoms with van der Waals surface area (Å²) in [5.41, 5.74) is 5.95. The number of hydrogen-bond acceptors (Lipinski definition) is 5. The normalized spacial score (nSPS) is 10.9. The summed E-state index contributed by atoms with van der Waals surface area (Å²) in [4.78, 5) is 0. The maximum Gasteiger partial charge on any atom is 0.161 e. The lowest BCUT2D eigenvalue weighted by molar-refractivity contribution is 0.302. The van der Waals surface area contributed by atoms with E-state index in [0.29, 0.717) is 34.7 Å². The predicted octanol–water partition coefficient (Wildman–Crippen LogP) is 6.92. The number of halogens is 4. The third-order valence-electron chi connectivity index (χ3n) is 4.44. The van der Waals surface area contributed by atoms with Gasteiger partial charge in [-0.15, -0.1) is 0 Å². The van der Waals surface area contributed by atoms with E-state index in [0.717, 1.165) is 29.6 Å². The van der Waals surface area contributed by atoms with E-state index in [2.05, 4.69) is 55.7 Å². The summed E-state index contributed by atoms with van der Waals surface area (Å²) in [6.07, 6.45) is 1.78. The Bertz CT molecular complexity index is 1100. The summed E-state index contributed by atoms with van der Waals surface area (Å²) in [6.45, 7) is 0.927. The zero-order valence-electron chi connectivity index (χ0n) is 17.3. The van der Waals surface area contributed by atoms with Crippen LogP contribution in [0.5, 0.6) is 17.2 Å². The number of methoxy groups -OCH3 is 2. The highest BCUT2D eigenvalue weighted by molar-refractivity contribution is 14.1. The number of ether oxygens (including phenoxy) is 3. The molecule has 32 heavy (non-hydrogen) atoms. The van der Waals surface area contributed by atoms with E-state index >= 15 is 0 Å². The van der Waals surface area contributed by atoms with Gasteiger partial charge < -0.3 is 19.6 Å². The van der Waals surface area contributed by atoms with Crippen molar-refractivity contribution in [3.63, 3.8) is 0 Å². The highest BCUT2D eigenvalue weighted by Gasteiger charge is 2.10. The van der Waals surface area contributed by atoms with Crippen LogP contribution in [0.25, 0.3) is 0 Å². The van der Waals surface area contributed by atoms with E-state index in [-0.39, 0.29) is 0 Å². The Balaban J connectivity index is 1.61. The molecule has 3 aromatic carbocycles. The molecular weight excluding hydrogens is 677 g/mol.